The van der Waals surface area contributed by atoms with Crippen LogP contribution in [-0.4, -0.2) is 42.5 Å². The van der Waals surface area contributed by atoms with Crippen molar-refractivity contribution in [2.45, 2.75) is 24.8 Å². The van der Waals surface area contributed by atoms with Crippen LogP contribution in [0, 0.1) is 0 Å². The average molecular weight is 332 g/mol. The summed E-state index contributed by atoms with van der Waals surface area (Å²) in [4.78, 5) is 16.6. The summed E-state index contributed by atoms with van der Waals surface area (Å²) in [5.74, 6) is 0.155. The topological polar surface area (TPSA) is 49.6 Å². The maximum atomic E-state index is 12.3. The highest BCUT2D eigenvalue weighted by Crippen LogP contribution is 2.34. The molecule has 2 aliphatic rings. The largest absolute Gasteiger partial charge is 0.370 e. The number of halogens is 2. The molecule has 3 rings (SSSR count). The number of hydrogen-bond donors (Lipinski definition) is 1. The maximum absolute atomic E-state index is 12.3. The van der Waals surface area contributed by atoms with Crippen molar-refractivity contribution in [1.29, 1.82) is 0 Å². The smallest absolute Gasteiger partial charge is 0.242 e. The van der Waals surface area contributed by atoms with Gasteiger partial charge in [0.1, 0.15) is 0 Å². The van der Waals surface area contributed by atoms with Gasteiger partial charge in [-0.1, -0.05) is 18.2 Å². The molecule has 0 radical (unpaired) electrons. The third-order valence-corrected chi connectivity index (χ3v) is 4.12. The molecule has 0 spiro atoms. The summed E-state index contributed by atoms with van der Waals surface area (Å²) < 4.78 is 0. The van der Waals surface area contributed by atoms with Crippen LogP contribution in [0.5, 0.6) is 0 Å². The van der Waals surface area contributed by atoms with Crippen LogP contribution in [0.3, 0.4) is 0 Å². The van der Waals surface area contributed by atoms with Crippen molar-refractivity contribution in [2.24, 2.45) is 5.73 Å². The zero-order chi connectivity index (χ0) is 13.3. The van der Waals surface area contributed by atoms with E-state index in [4.69, 9.17) is 5.73 Å². The first kappa shape index (κ1) is 18.1. The molecule has 1 aromatic carbocycles. The quantitative estimate of drug-likeness (QED) is 0.902. The molecule has 1 heterocycles. The van der Waals surface area contributed by atoms with Crippen LogP contribution in [0.4, 0.5) is 5.69 Å². The molecule has 6 heteroatoms. The zero-order valence-corrected chi connectivity index (χ0v) is 13.7. The Hall–Kier alpha value is -0.970. The number of rotatable bonds is 2. The van der Waals surface area contributed by atoms with Gasteiger partial charge in [-0.3, -0.25) is 4.79 Å². The summed E-state index contributed by atoms with van der Waals surface area (Å²) in [6.45, 7) is 3.52. The molecule has 2 fully saturated rings. The first-order valence-electron chi connectivity index (χ1n) is 7.07. The summed E-state index contributed by atoms with van der Waals surface area (Å²) in [6, 6.07) is 10.4. The predicted octanol–water partition coefficient (Wildman–Crippen LogP) is 2.06. The monoisotopic (exact) mass is 331 g/mol. The molecule has 1 saturated carbocycles. The molecule has 0 atom stereocenters. The molecule has 0 aromatic heterocycles. The van der Waals surface area contributed by atoms with E-state index < -0.39 is 5.54 Å². The molecule has 4 nitrogen and oxygen atoms in total. The van der Waals surface area contributed by atoms with Gasteiger partial charge >= 0.3 is 0 Å². The molecule has 1 saturated heterocycles. The Labute approximate surface area is 138 Å². The van der Waals surface area contributed by atoms with Crippen molar-refractivity contribution < 1.29 is 4.79 Å². The van der Waals surface area contributed by atoms with E-state index in [1.165, 1.54) is 5.69 Å². The second-order valence-electron chi connectivity index (χ2n) is 5.62. The predicted molar refractivity (Wildman–Crippen MR) is 90.5 cm³/mol. The zero-order valence-electron chi connectivity index (χ0n) is 12.0. The molecule has 1 aliphatic carbocycles. The number of amides is 1. The van der Waals surface area contributed by atoms with Crippen molar-refractivity contribution in [3.8, 4) is 0 Å². The number of para-hydroxylation sites is 1. The van der Waals surface area contributed by atoms with Gasteiger partial charge in [-0.25, -0.2) is 0 Å². The Balaban J connectivity index is 0.00000110. The Morgan fingerprint density at radius 3 is 2.29 bits per heavy atom. The molecular weight excluding hydrogens is 309 g/mol. The Bertz CT molecular complexity index is 465. The summed E-state index contributed by atoms with van der Waals surface area (Å²) in [7, 11) is 0. The molecule has 21 heavy (non-hydrogen) atoms. The summed E-state index contributed by atoms with van der Waals surface area (Å²) in [5, 5.41) is 0. The lowest BCUT2D eigenvalue weighted by atomic mass is 10.2. The number of nitrogens with two attached hydrogens (primary N) is 1. The molecule has 1 aromatic rings. The summed E-state index contributed by atoms with van der Waals surface area (Å²) in [6.07, 6.45) is 2.71. The van der Waals surface area contributed by atoms with Gasteiger partial charge in [0.15, 0.2) is 0 Å². The van der Waals surface area contributed by atoms with Crippen LogP contribution in [0.25, 0.3) is 0 Å². The second kappa shape index (κ2) is 7.34. The fraction of sp³-hybridized carbons (Fsp3) is 0.533. The minimum atomic E-state index is -0.526. The van der Waals surface area contributed by atoms with Gasteiger partial charge in [-0.2, -0.15) is 0 Å². The van der Waals surface area contributed by atoms with E-state index in [9.17, 15) is 4.79 Å². The average Bonchev–Trinajstić information content (AvgIpc) is 3.22. The van der Waals surface area contributed by atoms with E-state index in [1.54, 1.807) is 0 Å². The van der Waals surface area contributed by atoms with Gasteiger partial charge < -0.3 is 15.5 Å². The number of carbonyl (C=O) groups is 1. The normalized spacial score (nSPS) is 19.9. The van der Waals surface area contributed by atoms with E-state index in [0.717, 1.165) is 45.4 Å². The highest BCUT2D eigenvalue weighted by atomic mass is 35.5. The number of carbonyl (C=O) groups excluding carboxylic acids is 1. The Morgan fingerprint density at radius 2 is 1.67 bits per heavy atom. The molecule has 1 aliphatic heterocycles. The standard InChI is InChI=1S/C15H21N3O.2ClH/c16-15(7-8-15)14(19)18-10-4-9-17(11-12-18)13-5-2-1-3-6-13;;/h1-3,5-6H,4,7-12,16H2;2*1H. The first-order chi connectivity index (χ1) is 9.19. The lowest BCUT2D eigenvalue weighted by Crippen LogP contribution is -2.47. The fourth-order valence-corrected chi connectivity index (χ4v) is 2.68. The lowest BCUT2D eigenvalue weighted by molar-refractivity contribution is -0.133. The van der Waals surface area contributed by atoms with Crippen molar-refractivity contribution in [1.82, 2.24) is 4.90 Å². The number of anilines is 1. The molecule has 2 N–H and O–H groups in total. The van der Waals surface area contributed by atoms with Crippen LogP contribution in [0.1, 0.15) is 19.3 Å². The van der Waals surface area contributed by atoms with Gasteiger partial charge in [0.05, 0.1) is 5.54 Å². The molecule has 1 amide bonds. The van der Waals surface area contributed by atoms with E-state index in [0.29, 0.717) is 0 Å². The van der Waals surface area contributed by atoms with Gasteiger partial charge in [-0.05, 0) is 31.4 Å². The summed E-state index contributed by atoms with van der Waals surface area (Å²) >= 11 is 0. The highest BCUT2D eigenvalue weighted by Gasteiger charge is 2.48. The van der Waals surface area contributed by atoms with E-state index >= 15 is 0 Å². The SMILES string of the molecule is Cl.Cl.NC1(C(=O)N2CCCN(c3ccccc3)CC2)CC1. The van der Waals surface area contributed by atoms with Crippen LogP contribution < -0.4 is 10.6 Å². The van der Waals surface area contributed by atoms with Crippen LogP contribution >= 0.6 is 24.8 Å². The van der Waals surface area contributed by atoms with Crippen molar-refractivity contribution >= 4 is 36.4 Å². The van der Waals surface area contributed by atoms with Gasteiger partial charge in [0.25, 0.3) is 0 Å². The highest BCUT2D eigenvalue weighted by molar-refractivity contribution is 5.89. The van der Waals surface area contributed by atoms with Crippen LogP contribution in [-0.2, 0) is 4.79 Å². The molecular formula is C15H23Cl2N3O. The second-order valence-corrected chi connectivity index (χ2v) is 5.62. The van der Waals surface area contributed by atoms with E-state index in [1.807, 2.05) is 11.0 Å². The minimum Gasteiger partial charge on any atom is -0.370 e. The van der Waals surface area contributed by atoms with E-state index in [2.05, 4.69) is 29.2 Å². The third-order valence-electron chi connectivity index (χ3n) is 4.12. The van der Waals surface area contributed by atoms with Crippen LogP contribution in [0.15, 0.2) is 30.3 Å². The van der Waals surface area contributed by atoms with E-state index in [-0.39, 0.29) is 30.7 Å². The Kier molecular flexibility index (Phi) is 6.32. The molecule has 118 valence electrons. The summed E-state index contributed by atoms with van der Waals surface area (Å²) in [5.41, 5.74) is 6.73. The lowest BCUT2D eigenvalue weighted by Gasteiger charge is -2.25. The van der Waals surface area contributed by atoms with Gasteiger partial charge in [0, 0.05) is 31.9 Å². The maximum Gasteiger partial charge on any atom is 0.242 e. The van der Waals surface area contributed by atoms with Crippen molar-refractivity contribution in [3.63, 3.8) is 0 Å². The minimum absolute atomic E-state index is 0. The van der Waals surface area contributed by atoms with Crippen LogP contribution in [0.2, 0.25) is 0 Å². The van der Waals surface area contributed by atoms with Gasteiger partial charge in [0.2, 0.25) is 5.91 Å². The molecule has 0 unspecified atom stereocenters. The molecule has 0 bridgehead atoms. The fourth-order valence-electron chi connectivity index (χ4n) is 2.68. The third kappa shape index (κ3) is 4.02. The van der Waals surface area contributed by atoms with Crippen molar-refractivity contribution in [3.05, 3.63) is 30.3 Å². The number of nitrogens with zero attached hydrogens (tertiary/aromatic N) is 2. The van der Waals surface area contributed by atoms with Crippen molar-refractivity contribution in [2.75, 3.05) is 31.1 Å². The number of hydrogen-bond acceptors (Lipinski definition) is 3. The van der Waals surface area contributed by atoms with Gasteiger partial charge in [-0.15, -0.1) is 24.8 Å². The first-order valence-corrected chi connectivity index (χ1v) is 7.07. The number of benzene rings is 1. The Morgan fingerprint density at radius 1 is 1.00 bits per heavy atom.